The monoisotopic (exact) mass is 352 g/mol. The summed E-state index contributed by atoms with van der Waals surface area (Å²) in [5, 5.41) is 2.77. The van der Waals surface area contributed by atoms with Crippen LogP contribution in [-0.2, 0) is 24.3 Å². The molecule has 0 aromatic heterocycles. The van der Waals surface area contributed by atoms with Crippen LogP contribution in [0.5, 0.6) is 0 Å². The van der Waals surface area contributed by atoms with E-state index in [2.05, 4.69) is 5.32 Å². The summed E-state index contributed by atoms with van der Waals surface area (Å²) < 4.78 is 27.1. The van der Waals surface area contributed by atoms with E-state index in [0.717, 1.165) is 11.1 Å². The standard InChI is InChI=1S/C18H18F2N2O.ClH/c19-14-4-6-15-12(8-14)3-5-16(15)18(23)22-10-13-2-1-11(9-21)7-17(13)20;/h1-2,4,6-8,16H,3,5,9-10,21H2,(H,22,23);1H. The fourth-order valence-corrected chi connectivity index (χ4v) is 3.03. The molecule has 0 bridgehead atoms. The average molecular weight is 353 g/mol. The maximum atomic E-state index is 13.9. The molecular formula is C18H19ClF2N2O. The SMILES string of the molecule is Cl.NCc1ccc(CNC(=O)C2CCc3cc(F)ccc32)c(F)c1. The summed E-state index contributed by atoms with van der Waals surface area (Å²) in [4.78, 5) is 12.4. The van der Waals surface area contributed by atoms with Crippen LogP contribution >= 0.6 is 12.4 Å². The zero-order valence-corrected chi connectivity index (χ0v) is 13.8. The second-order valence-corrected chi connectivity index (χ2v) is 5.78. The third kappa shape index (κ3) is 3.74. The Bertz CT molecular complexity index is 752. The number of amides is 1. The van der Waals surface area contributed by atoms with Gasteiger partial charge in [-0.05, 0) is 47.7 Å². The molecule has 24 heavy (non-hydrogen) atoms. The molecule has 0 saturated carbocycles. The Hall–Kier alpha value is -1.98. The van der Waals surface area contributed by atoms with Gasteiger partial charge in [0.1, 0.15) is 11.6 Å². The molecule has 1 aliphatic carbocycles. The number of carbonyl (C=O) groups is 1. The topological polar surface area (TPSA) is 55.1 Å². The van der Waals surface area contributed by atoms with E-state index in [1.54, 1.807) is 18.2 Å². The average Bonchev–Trinajstić information content (AvgIpc) is 2.96. The normalized spacial score (nSPS) is 15.5. The molecule has 1 aliphatic rings. The smallest absolute Gasteiger partial charge is 0.227 e. The van der Waals surface area contributed by atoms with E-state index in [4.69, 9.17) is 5.73 Å². The van der Waals surface area contributed by atoms with Crippen molar-refractivity contribution in [2.24, 2.45) is 5.73 Å². The minimum Gasteiger partial charge on any atom is -0.351 e. The van der Waals surface area contributed by atoms with Crippen molar-refractivity contribution in [1.82, 2.24) is 5.32 Å². The van der Waals surface area contributed by atoms with Gasteiger partial charge in [0.15, 0.2) is 0 Å². The Labute approximate surface area is 145 Å². The van der Waals surface area contributed by atoms with E-state index in [-0.39, 0.29) is 49.0 Å². The molecule has 0 spiro atoms. The molecule has 0 radical (unpaired) electrons. The van der Waals surface area contributed by atoms with Crippen molar-refractivity contribution in [2.75, 3.05) is 0 Å². The van der Waals surface area contributed by atoms with Gasteiger partial charge in [-0.2, -0.15) is 0 Å². The molecule has 1 amide bonds. The molecule has 6 heteroatoms. The van der Waals surface area contributed by atoms with Crippen LogP contribution in [0.4, 0.5) is 8.78 Å². The molecule has 0 saturated heterocycles. The number of hydrogen-bond donors (Lipinski definition) is 2. The van der Waals surface area contributed by atoms with Gasteiger partial charge >= 0.3 is 0 Å². The van der Waals surface area contributed by atoms with Crippen molar-refractivity contribution < 1.29 is 13.6 Å². The number of benzene rings is 2. The van der Waals surface area contributed by atoms with Crippen LogP contribution in [0.1, 0.15) is 34.6 Å². The van der Waals surface area contributed by atoms with Crippen molar-refractivity contribution in [2.45, 2.75) is 31.8 Å². The Morgan fingerprint density at radius 1 is 1.21 bits per heavy atom. The van der Waals surface area contributed by atoms with Crippen LogP contribution in [0, 0.1) is 11.6 Å². The van der Waals surface area contributed by atoms with Gasteiger partial charge in [0.05, 0.1) is 5.92 Å². The molecule has 2 aromatic carbocycles. The first kappa shape index (κ1) is 18.4. The quantitative estimate of drug-likeness (QED) is 0.887. The van der Waals surface area contributed by atoms with Gasteiger partial charge in [0.25, 0.3) is 0 Å². The van der Waals surface area contributed by atoms with Crippen LogP contribution in [-0.4, -0.2) is 5.91 Å². The first-order chi connectivity index (χ1) is 11.1. The molecule has 3 N–H and O–H groups in total. The van der Waals surface area contributed by atoms with Crippen LogP contribution < -0.4 is 11.1 Å². The molecule has 0 heterocycles. The van der Waals surface area contributed by atoms with Crippen LogP contribution in [0.3, 0.4) is 0 Å². The molecule has 0 fully saturated rings. The van der Waals surface area contributed by atoms with Crippen molar-refractivity contribution in [3.05, 3.63) is 70.3 Å². The Morgan fingerprint density at radius 3 is 2.71 bits per heavy atom. The molecule has 1 atom stereocenters. The van der Waals surface area contributed by atoms with Gasteiger partial charge in [-0.25, -0.2) is 8.78 Å². The lowest BCUT2D eigenvalue weighted by molar-refractivity contribution is -0.122. The lowest BCUT2D eigenvalue weighted by Crippen LogP contribution is -2.28. The van der Waals surface area contributed by atoms with Gasteiger partial charge in [-0.1, -0.05) is 18.2 Å². The maximum absolute atomic E-state index is 13.9. The predicted octanol–water partition coefficient (Wildman–Crippen LogP) is 3.19. The number of halogens is 3. The number of hydrogen-bond acceptors (Lipinski definition) is 2. The lowest BCUT2D eigenvalue weighted by atomic mass is 10.0. The number of fused-ring (bicyclic) bond motifs is 1. The molecule has 1 unspecified atom stereocenters. The number of rotatable bonds is 4. The first-order valence-corrected chi connectivity index (χ1v) is 7.62. The first-order valence-electron chi connectivity index (χ1n) is 7.62. The summed E-state index contributed by atoms with van der Waals surface area (Å²) in [7, 11) is 0. The summed E-state index contributed by atoms with van der Waals surface area (Å²) in [6.45, 7) is 0.404. The van der Waals surface area contributed by atoms with E-state index in [9.17, 15) is 13.6 Å². The molecule has 2 aromatic rings. The second kappa shape index (κ2) is 7.73. The lowest BCUT2D eigenvalue weighted by Gasteiger charge is -2.13. The third-order valence-electron chi connectivity index (χ3n) is 4.31. The summed E-state index contributed by atoms with van der Waals surface area (Å²) in [5.41, 5.74) is 8.34. The molecule has 0 aliphatic heterocycles. The van der Waals surface area contributed by atoms with Gasteiger partial charge in [-0.15, -0.1) is 12.4 Å². The zero-order valence-electron chi connectivity index (χ0n) is 13.0. The van der Waals surface area contributed by atoms with Crippen molar-refractivity contribution >= 4 is 18.3 Å². The van der Waals surface area contributed by atoms with Gasteiger partial charge < -0.3 is 11.1 Å². The summed E-state index contributed by atoms with van der Waals surface area (Å²) in [5.74, 6) is -1.11. The van der Waals surface area contributed by atoms with E-state index in [1.165, 1.54) is 18.2 Å². The van der Waals surface area contributed by atoms with Crippen molar-refractivity contribution in [3.8, 4) is 0 Å². The molecule has 3 rings (SSSR count). The molecule has 3 nitrogen and oxygen atoms in total. The number of nitrogens with two attached hydrogens (primary N) is 1. The van der Waals surface area contributed by atoms with E-state index < -0.39 is 0 Å². The van der Waals surface area contributed by atoms with E-state index >= 15 is 0 Å². The van der Waals surface area contributed by atoms with Gasteiger partial charge in [-0.3, -0.25) is 4.79 Å². The summed E-state index contributed by atoms with van der Waals surface area (Å²) in [6, 6.07) is 9.28. The van der Waals surface area contributed by atoms with Crippen LogP contribution in [0.25, 0.3) is 0 Å². The highest BCUT2D eigenvalue weighted by atomic mass is 35.5. The second-order valence-electron chi connectivity index (χ2n) is 5.78. The number of nitrogens with one attached hydrogen (secondary N) is 1. The Kier molecular flexibility index (Phi) is 5.91. The minimum absolute atomic E-state index is 0. The highest BCUT2D eigenvalue weighted by Crippen LogP contribution is 2.33. The highest BCUT2D eigenvalue weighted by Gasteiger charge is 2.28. The third-order valence-corrected chi connectivity index (χ3v) is 4.31. The summed E-state index contributed by atoms with van der Waals surface area (Å²) in [6.07, 6.45) is 1.34. The Balaban J connectivity index is 0.00000208. The largest absolute Gasteiger partial charge is 0.351 e. The minimum atomic E-state index is -0.373. The van der Waals surface area contributed by atoms with Gasteiger partial charge in [0.2, 0.25) is 5.91 Å². The van der Waals surface area contributed by atoms with E-state index in [0.29, 0.717) is 24.0 Å². The van der Waals surface area contributed by atoms with Crippen molar-refractivity contribution in [3.63, 3.8) is 0 Å². The number of aryl methyl sites for hydroxylation is 1. The highest BCUT2D eigenvalue weighted by molar-refractivity contribution is 5.85. The predicted molar refractivity (Wildman–Crippen MR) is 90.8 cm³/mol. The van der Waals surface area contributed by atoms with E-state index in [1.807, 2.05) is 0 Å². The number of carbonyl (C=O) groups excluding carboxylic acids is 1. The molecule has 128 valence electrons. The van der Waals surface area contributed by atoms with Crippen molar-refractivity contribution in [1.29, 1.82) is 0 Å². The van der Waals surface area contributed by atoms with Crippen LogP contribution in [0.15, 0.2) is 36.4 Å². The molecular weight excluding hydrogens is 334 g/mol. The maximum Gasteiger partial charge on any atom is 0.227 e. The fourth-order valence-electron chi connectivity index (χ4n) is 3.03. The van der Waals surface area contributed by atoms with Crippen LogP contribution in [0.2, 0.25) is 0 Å². The Morgan fingerprint density at radius 2 is 2.00 bits per heavy atom. The fraction of sp³-hybridized carbons (Fsp3) is 0.278. The summed E-state index contributed by atoms with van der Waals surface area (Å²) >= 11 is 0. The van der Waals surface area contributed by atoms with Gasteiger partial charge in [0, 0.05) is 18.7 Å². The zero-order chi connectivity index (χ0) is 16.4.